The van der Waals surface area contributed by atoms with Crippen LogP contribution in [0, 0.1) is 0 Å². The molecular weight excluding hydrogens is 220 g/mol. The van der Waals surface area contributed by atoms with Gasteiger partial charge in [0.2, 0.25) is 0 Å². The number of carbonyl (C=O) groups excluding carboxylic acids is 1. The van der Waals surface area contributed by atoms with Crippen LogP contribution in [0.5, 0.6) is 0 Å². The van der Waals surface area contributed by atoms with Gasteiger partial charge in [0, 0.05) is 5.56 Å². The molecule has 1 saturated carbocycles. The molecule has 0 aliphatic heterocycles. The Balaban J connectivity index is 1.85. The van der Waals surface area contributed by atoms with Crippen molar-refractivity contribution in [2.75, 3.05) is 6.61 Å². The summed E-state index contributed by atoms with van der Waals surface area (Å²) in [6, 6.07) is 5.13. The SMILES string of the molecule is O=C(NC1(CO)CC1)c1ccc2n[nH]nc2c1. The molecule has 3 N–H and O–H groups in total. The zero-order valence-electron chi connectivity index (χ0n) is 9.10. The van der Waals surface area contributed by atoms with E-state index in [1.165, 1.54) is 0 Å². The van der Waals surface area contributed by atoms with Crippen LogP contribution in [0.3, 0.4) is 0 Å². The average molecular weight is 232 g/mol. The minimum Gasteiger partial charge on any atom is -0.394 e. The van der Waals surface area contributed by atoms with Gasteiger partial charge in [-0.1, -0.05) is 0 Å². The summed E-state index contributed by atoms with van der Waals surface area (Å²) in [6.45, 7) is -0.00898. The number of carbonyl (C=O) groups is 1. The number of aromatic amines is 1. The minimum absolute atomic E-state index is 0.00898. The van der Waals surface area contributed by atoms with Crippen LogP contribution in [-0.2, 0) is 0 Å². The molecule has 0 saturated heterocycles. The van der Waals surface area contributed by atoms with Gasteiger partial charge in [-0.3, -0.25) is 4.79 Å². The molecule has 0 spiro atoms. The Kier molecular flexibility index (Phi) is 2.12. The zero-order chi connectivity index (χ0) is 11.9. The molecule has 1 aromatic carbocycles. The second-order valence-electron chi connectivity index (χ2n) is 4.42. The Hall–Kier alpha value is -1.95. The van der Waals surface area contributed by atoms with Crippen LogP contribution in [0.15, 0.2) is 18.2 Å². The van der Waals surface area contributed by atoms with E-state index in [0.717, 1.165) is 18.4 Å². The summed E-state index contributed by atoms with van der Waals surface area (Å²) in [5.74, 6) is -0.179. The molecule has 3 rings (SSSR count). The Labute approximate surface area is 97.0 Å². The van der Waals surface area contributed by atoms with E-state index >= 15 is 0 Å². The van der Waals surface area contributed by atoms with Crippen molar-refractivity contribution in [3.8, 4) is 0 Å². The number of aliphatic hydroxyl groups is 1. The number of hydrogen-bond acceptors (Lipinski definition) is 4. The predicted octanol–water partition coefficient (Wildman–Crippen LogP) is 0.213. The molecule has 1 aromatic heterocycles. The van der Waals surface area contributed by atoms with Crippen molar-refractivity contribution in [2.45, 2.75) is 18.4 Å². The number of hydrogen-bond donors (Lipinski definition) is 3. The highest BCUT2D eigenvalue weighted by Crippen LogP contribution is 2.34. The molecule has 1 fully saturated rings. The molecular formula is C11H12N4O2. The predicted molar refractivity (Wildman–Crippen MR) is 60.4 cm³/mol. The Morgan fingerprint density at radius 2 is 2.18 bits per heavy atom. The Morgan fingerprint density at radius 1 is 1.41 bits per heavy atom. The number of fused-ring (bicyclic) bond motifs is 1. The number of H-pyrrole nitrogens is 1. The van der Waals surface area contributed by atoms with Gasteiger partial charge in [-0.05, 0) is 31.0 Å². The van der Waals surface area contributed by atoms with Gasteiger partial charge in [0.25, 0.3) is 5.91 Å². The standard InChI is InChI=1S/C11H12N4O2/c16-6-11(3-4-11)12-10(17)7-1-2-8-9(5-7)14-15-13-8/h1-2,5,16H,3-4,6H2,(H,12,17)(H,13,14,15). The van der Waals surface area contributed by atoms with Crippen LogP contribution >= 0.6 is 0 Å². The maximum Gasteiger partial charge on any atom is 0.251 e. The van der Waals surface area contributed by atoms with Gasteiger partial charge in [0.05, 0.1) is 12.1 Å². The van der Waals surface area contributed by atoms with E-state index in [2.05, 4.69) is 20.7 Å². The number of amides is 1. The lowest BCUT2D eigenvalue weighted by Gasteiger charge is -2.13. The second-order valence-corrected chi connectivity index (χ2v) is 4.42. The van der Waals surface area contributed by atoms with Crippen molar-refractivity contribution in [1.29, 1.82) is 0 Å². The van der Waals surface area contributed by atoms with E-state index in [0.29, 0.717) is 11.1 Å². The van der Waals surface area contributed by atoms with E-state index in [1.807, 2.05) is 0 Å². The first-order chi connectivity index (χ1) is 8.22. The van der Waals surface area contributed by atoms with E-state index in [9.17, 15) is 4.79 Å². The smallest absolute Gasteiger partial charge is 0.251 e. The van der Waals surface area contributed by atoms with Crippen LogP contribution < -0.4 is 5.32 Å². The third-order valence-electron chi connectivity index (χ3n) is 3.11. The fourth-order valence-electron chi connectivity index (χ4n) is 1.77. The first-order valence-corrected chi connectivity index (χ1v) is 5.46. The van der Waals surface area contributed by atoms with Crippen molar-refractivity contribution in [1.82, 2.24) is 20.7 Å². The summed E-state index contributed by atoms with van der Waals surface area (Å²) in [4.78, 5) is 11.9. The van der Waals surface area contributed by atoms with Crippen molar-refractivity contribution in [2.24, 2.45) is 0 Å². The van der Waals surface area contributed by atoms with Gasteiger partial charge in [-0.25, -0.2) is 0 Å². The van der Waals surface area contributed by atoms with Gasteiger partial charge >= 0.3 is 0 Å². The topological polar surface area (TPSA) is 90.9 Å². The van der Waals surface area contributed by atoms with Crippen molar-refractivity contribution in [3.63, 3.8) is 0 Å². The maximum absolute atomic E-state index is 11.9. The maximum atomic E-state index is 11.9. The van der Waals surface area contributed by atoms with Crippen LogP contribution in [0.25, 0.3) is 11.0 Å². The first-order valence-electron chi connectivity index (χ1n) is 5.46. The number of nitrogens with one attached hydrogen (secondary N) is 2. The molecule has 1 heterocycles. The normalized spacial score (nSPS) is 17.0. The lowest BCUT2D eigenvalue weighted by molar-refractivity contribution is 0.0907. The van der Waals surface area contributed by atoms with Crippen LogP contribution in [0.4, 0.5) is 0 Å². The lowest BCUT2D eigenvalue weighted by atomic mass is 10.1. The highest BCUT2D eigenvalue weighted by atomic mass is 16.3. The van der Waals surface area contributed by atoms with Gasteiger partial charge in [0.15, 0.2) is 0 Å². The van der Waals surface area contributed by atoms with E-state index in [1.54, 1.807) is 18.2 Å². The summed E-state index contributed by atoms with van der Waals surface area (Å²) in [5, 5.41) is 22.3. The number of aliphatic hydroxyl groups excluding tert-OH is 1. The molecule has 2 aromatic rings. The monoisotopic (exact) mass is 232 g/mol. The Bertz CT molecular complexity index is 574. The first kappa shape index (κ1) is 10.2. The minimum atomic E-state index is -0.393. The van der Waals surface area contributed by atoms with Gasteiger partial charge in [-0.15, -0.1) is 0 Å². The summed E-state index contributed by atoms with van der Waals surface area (Å²) in [6.07, 6.45) is 1.67. The zero-order valence-corrected chi connectivity index (χ0v) is 9.10. The Morgan fingerprint density at radius 3 is 2.88 bits per heavy atom. The van der Waals surface area contributed by atoms with Gasteiger partial charge in [-0.2, -0.15) is 15.4 Å². The lowest BCUT2D eigenvalue weighted by Crippen LogP contribution is -2.39. The molecule has 0 unspecified atom stereocenters. The van der Waals surface area contributed by atoms with Crippen molar-refractivity contribution in [3.05, 3.63) is 23.8 Å². The summed E-state index contributed by atoms with van der Waals surface area (Å²) in [5.41, 5.74) is 1.53. The van der Waals surface area contributed by atoms with Gasteiger partial charge in [0.1, 0.15) is 11.0 Å². The quantitative estimate of drug-likeness (QED) is 0.705. The van der Waals surface area contributed by atoms with Gasteiger partial charge < -0.3 is 10.4 Å². The third-order valence-corrected chi connectivity index (χ3v) is 3.11. The molecule has 0 atom stereocenters. The van der Waals surface area contributed by atoms with Crippen LogP contribution in [0.2, 0.25) is 0 Å². The molecule has 1 aliphatic rings. The molecule has 0 bridgehead atoms. The highest BCUT2D eigenvalue weighted by Gasteiger charge is 2.43. The van der Waals surface area contributed by atoms with E-state index in [-0.39, 0.29) is 12.5 Å². The molecule has 6 nitrogen and oxygen atoms in total. The summed E-state index contributed by atoms with van der Waals surface area (Å²) < 4.78 is 0. The van der Waals surface area contributed by atoms with Crippen LogP contribution in [0.1, 0.15) is 23.2 Å². The highest BCUT2D eigenvalue weighted by molar-refractivity contribution is 5.97. The second kappa shape index (κ2) is 3.53. The number of nitrogens with zero attached hydrogens (tertiary/aromatic N) is 2. The summed E-state index contributed by atoms with van der Waals surface area (Å²) >= 11 is 0. The largest absolute Gasteiger partial charge is 0.394 e. The molecule has 6 heteroatoms. The molecule has 1 aliphatic carbocycles. The number of aromatic nitrogens is 3. The molecule has 1 amide bonds. The van der Waals surface area contributed by atoms with Crippen LogP contribution in [-0.4, -0.2) is 38.6 Å². The number of benzene rings is 1. The fourth-order valence-corrected chi connectivity index (χ4v) is 1.77. The third kappa shape index (κ3) is 1.76. The fraction of sp³-hybridized carbons (Fsp3) is 0.364. The number of rotatable bonds is 3. The van der Waals surface area contributed by atoms with E-state index in [4.69, 9.17) is 5.11 Å². The summed E-state index contributed by atoms with van der Waals surface area (Å²) in [7, 11) is 0. The van der Waals surface area contributed by atoms with Crippen molar-refractivity contribution >= 4 is 16.9 Å². The molecule has 17 heavy (non-hydrogen) atoms. The van der Waals surface area contributed by atoms with E-state index < -0.39 is 5.54 Å². The molecule has 0 radical (unpaired) electrons. The molecule has 88 valence electrons. The van der Waals surface area contributed by atoms with Crippen molar-refractivity contribution < 1.29 is 9.90 Å². The average Bonchev–Trinajstić information content (AvgIpc) is 2.96.